The molecule has 0 saturated carbocycles. The van der Waals surface area contributed by atoms with Crippen molar-refractivity contribution in [2.24, 2.45) is 0 Å². The number of phenolic OH excluding ortho intramolecular Hbond substituents is 1. The Morgan fingerprint density at radius 3 is 2.31 bits per heavy atom. The molecule has 0 aliphatic heterocycles. The van der Waals surface area contributed by atoms with Crippen LogP contribution in [0.5, 0.6) is 5.75 Å². The molecule has 0 bridgehead atoms. The first kappa shape index (κ1) is 9.70. The third-order valence-electron chi connectivity index (χ3n) is 1.63. The van der Waals surface area contributed by atoms with Crippen LogP contribution < -0.4 is 0 Å². The van der Waals surface area contributed by atoms with Gasteiger partial charge in [0, 0.05) is 5.56 Å². The normalized spacial score (nSPS) is 12.5. The first-order valence-electron chi connectivity index (χ1n) is 3.77. The third-order valence-corrected chi connectivity index (χ3v) is 1.63. The van der Waals surface area contributed by atoms with E-state index in [1.165, 1.54) is 24.3 Å². The lowest BCUT2D eigenvalue weighted by Gasteiger charge is -2.05. The summed E-state index contributed by atoms with van der Waals surface area (Å²) < 4.78 is 0. The molecule has 13 heavy (non-hydrogen) atoms. The summed E-state index contributed by atoms with van der Waals surface area (Å²) in [6.45, 7) is -0.598. The van der Waals surface area contributed by atoms with E-state index in [2.05, 4.69) is 0 Å². The van der Waals surface area contributed by atoms with Gasteiger partial charge < -0.3 is 15.3 Å². The molecular weight excluding hydrogens is 172 g/mol. The lowest BCUT2D eigenvalue weighted by Crippen LogP contribution is -2.24. The van der Waals surface area contributed by atoms with Crippen molar-refractivity contribution >= 4 is 5.78 Å². The van der Waals surface area contributed by atoms with Crippen LogP contribution in [0, 0.1) is 0 Å². The lowest BCUT2D eigenvalue weighted by molar-refractivity contribution is 0.0587. The first-order chi connectivity index (χ1) is 6.15. The highest BCUT2D eigenvalue weighted by Crippen LogP contribution is 2.11. The van der Waals surface area contributed by atoms with Crippen LogP contribution in [-0.4, -0.2) is 33.8 Å². The highest BCUT2D eigenvalue weighted by molar-refractivity contribution is 5.99. The first-order valence-corrected chi connectivity index (χ1v) is 3.77. The van der Waals surface area contributed by atoms with Crippen LogP contribution in [0.25, 0.3) is 0 Å². The molecule has 1 aromatic rings. The number of aliphatic hydroxyl groups excluding tert-OH is 2. The summed E-state index contributed by atoms with van der Waals surface area (Å²) in [6.07, 6.45) is -1.38. The smallest absolute Gasteiger partial charge is 0.193 e. The topological polar surface area (TPSA) is 77.8 Å². The fourth-order valence-electron chi connectivity index (χ4n) is 0.901. The monoisotopic (exact) mass is 182 g/mol. The molecule has 4 nitrogen and oxygen atoms in total. The minimum atomic E-state index is -1.38. The Balaban J connectivity index is 2.83. The van der Waals surface area contributed by atoms with E-state index in [1.807, 2.05) is 0 Å². The Labute approximate surface area is 75.1 Å². The van der Waals surface area contributed by atoms with Crippen LogP contribution in [-0.2, 0) is 0 Å². The molecule has 70 valence electrons. The summed E-state index contributed by atoms with van der Waals surface area (Å²) in [5, 5.41) is 26.4. The van der Waals surface area contributed by atoms with Gasteiger partial charge in [0.05, 0.1) is 6.61 Å². The van der Waals surface area contributed by atoms with Gasteiger partial charge in [-0.3, -0.25) is 4.79 Å². The van der Waals surface area contributed by atoms with Gasteiger partial charge in [0.2, 0.25) is 0 Å². The predicted molar refractivity (Wildman–Crippen MR) is 45.5 cm³/mol. The van der Waals surface area contributed by atoms with Crippen molar-refractivity contribution in [2.45, 2.75) is 6.10 Å². The maximum atomic E-state index is 11.2. The van der Waals surface area contributed by atoms with Crippen LogP contribution in [0.1, 0.15) is 10.4 Å². The molecule has 0 unspecified atom stereocenters. The second-order valence-electron chi connectivity index (χ2n) is 2.61. The fraction of sp³-hybridized carbons (Fsp3) is 0.222. The zero-order valence-electron chi connectivity index (χ0n) is 6.84. The van der Waals surface area contributed by atoms with Crippen molar-refractivity contribution in [3.8, 4) is 5.75 Å². The molecule has 1 aromatic carbocycles. The van der Waals surface area contributed by atoms with E-state index in [9.17, 15) is 4.79 Å². The molecule has 0 aliphatic rings. The minimum absolute atomic E-state index is 0.0510. The zero-order chi connectivity index (χ0) is 9.84. The molecule has 0 heterocycles. The van der Waals surface area contributed by atoms with Crippen molar-refractivity contribution in [1.82, 2.24) is 0 Å². The maximum Gasteiger partial charge on any atom is 0.193 e. The van der Waals surface area contributed by atoms with E-state index in [4.69, 9.17) is 15.3 Å². The summed E-state index contributed by atoms with van der Waals surface area (Å²) in [5.41, 5.74) is 0.263. The Kier molecular flexibility index (Phi) is 3.00. The van der Waals surface area contributed by atoms with Crippen molar-refractivity contribution in [3.05, 3.63) is 29.8 Å². The van der Waals surface area contributed by atoms with Gasteiger partial charge in [-0.1, -0.05) is 0 Å². The molecule has 1 atom stereocenters. The largest absolute Gasteiger partial charge is 0.508 e. The molecular formula is C9H10O4. The number of hydrogen-bond donors (Lipinski definition) is 3. The zero-order valence-corrected chi connectivity index (χ0v) is 6.84. The number of ketones is 1. The summed E-state index contributed by atoms with van der Waals surface area (Å²) >= 11 is 0. The highest BCUT2D eigenvalue weighted by Gasteiger charge is 2.15. The number of phenols is 1. The van der Waals surface area contributed by atoms with Gasteiger partial charge in [0.15, 0.2) is 5.78 Å². The second-order valence-corrected chi connectivity index (χ2v) is 2.61. The van der Waals surface area contributed by atoms with E-state index in [1.54, 1.807) is 0 Å². The van der Waals surface area contributed by atoms with E-state index in [-0.39, 0.29) is 11.3 Å². The van der Waals surface area contributed by atoms with Gasteiger partial charge in [-0.15, -0.1) is 0 Å². The van der Waals surface area contributed by atoms with Crippen LogP contribution in [0.15, 0.2) is 24.3 Å². The molecule has 0 aliphatic carbocycles. The van der Waals surface area contributed by atoms with E-state index >= 15 is 0 Å². The summed E-state index contributed by atoms with van der Waals surface area (Å²) in [6, 6.07) is 5.46. The third kappa shape index (κ3) is 2.27. The standard InChI is InChI=1S/C9H10O4/c10-5-8(12)9(13)6-1-3-7(11)4-2-6/h1-4,8,10-12H,5H2/t8-/m0/s1. The summed E-state index contributed by atoms with van der Waals surface area (Å²) in [7, 11) is 0. The fourth-order valence-corrected chi connectivity index (χ4v) is 0.901. The van der Waals surface area contributed by atoms with Crippen molar-refractivity contribution in [2.75, 3.05) is 6.61 Å². The molecule has 0 aromatic heterocycles. The van der Waals surface area contributed by atoms with Crippen molar-refractivity contribution < 1.29 is 20.1 Å². The van der Waals surface area contributed by atoms with Gasteiger partial charge in [-0.2, -0.15) is 0 Å². The summed E-state index contributed by atoms with van der Waals surface area (Å²) in [4.78, 5) is 11.2. The predicted octanol–water partition coefficient (Wildman–Crippen LogP) is -0.0719. The van der Waals surface area contributed by atoms with Gasteiger partial charge in [0.1, 0.15) is 11.9 Å². The quantitative estimate of drug-likeness (QED) is 0.572. The van der Waals surface area contributed by atoms with Crippen molar-refractivity contribution in [3.63, 3.8) is 0 Å². The van der Waals surface area contributed by atoms with Crippen LogP contribution >= 0.6 is 0 Å². The average Bonchev–Trinajstić information content (AvgIpc) is 2.17. The summed E-state index contributed by atoms with van der Waals surface area (Å²) in [5.74, 6) is -0.502. The number of aliphatic hydroxyl groups is 2. The Hall–Kier alpha value is -1.39. The Morgan fingerprint density at radius 1 is 1.31 bits per heavy atom. The SMILES string of the molecule is O=C(c1ccc(O)cc1)[C@@H](O)CO. The van der Waals surface area contributed by atoms with Crippen LogP contribution in [0.4, 0.5) is 0 Å². The van der Waals surface area contributed by atoms with E-state index in [0.29, 0.717) is 0 Å². The van der Waals surface area contributed by atoms with Gasteiger partial charge in [-0.25, -0.2) is 0 Å². The van der Waals surface area contributed by atoms with Crippen LogP contribution in [0.2, 0.25) is 0 Å². The number of carbonyl (C=O) groups excluding carboxylic acids is 1. The van der Waals surface area contributed by atoms with Gasteiger partial charge in [-0.05, 0) is 24.3 Å². The Bertz CT molecular complexity index is 291. The van der Waals surface area contributed by atoms with Crippen LogP contribution in [0.3, 0.4) is 0 Å². The number of hydrogen-bond acceptors (Lipinski definition) is 4. The van der Waals surface area contributed by atoms with E-state index in [0.717, 1.165) is 0 Å². The number of rotatable bonds is 3. The lowest BCUT2D eigenvalue weighted by atomic mass is 10.1. The second kappa shape index (κ2) is 4.02. The highest BCUT2D eigenvalue weighted by atomic mass is 16.3. The number of Topliss-reactive ketones (excluding diaryl/α,β-unsaturated/α-hetero) is 1. The molecule has 0 saturated heterocycles. The Morgan fingerprint density at radius 2 is 1.85 bits per heavy atom. The van der Waals surface area contributed by atoms with Gasteiger partial charge >= 0.3 is 0 Å². The molecule has 4 heteroatoms. The number of benzene rings is 1. The molecule has 0 fully saturated rings. The molecule has 0 radical (unpaired) electrons. The molecule has 3 N–H and O–H groups in total. The molecule has 0 amide bonds. The minimum Gasteiger partial charge on any atom is -0.508 e. The van der Waals surface area contributed by atoms with E-state index < -0.39 is 18.5 Å². The number of aromatic hydroxyl groups is 1. The van der Waals surface area contributed by atoms with Crippen molar-refractivity contribution in [1.29, 1.82) is 0 Å². The van der Waals surface area contributed by atoms with Gasteiger partial charge in [0.25, 0.3) is 0 Å². The molecule has 1 rings (SSSR count). The molecule has 0 spiro atoms. The number of carbonyl (C=O) groups is 1. The average molecular weight is 182 g/mol. The maximum absolute atomic E-state index is 11.2.